The van der Waals surface area contributed by atoms with Crippen molar-refractivity contribution in [1.29, 1.82) is 0 Å². The number of nitrogens with zero attached hydrogens (tertiary/aromatic N) is 4. The summed E-state index contributed by atoms with van der Waals surface area (Å²) in [5.74, 6) is -0.00478. The Hall–Kier alpha value is -2.93. The highest BCUT2D eigenvalue weighted by molar-refractivity contribution is 7.17. The first-order chi connectivity index (χ1) is 12.1. The Labute approximate surface area is 147 Å². The van der Waals surface area contributed by atoms with Gasteiger partial charge < -0.3 is 4.74 Å². The number of aromatic nitrogens is 4. The van der Waals surface area contributed by atoms with Crippen molar-refractivity contribution >= 4 is 21.6 Å². The minimum Gasteiger partial charge on any atom is -0.434 e. The third-order valence-electron chi connectivity index (χ3n) is 3.86. The molecule has 0 spiro atoms. The fourth-order valence-electron chi connectivity index (χ4n) is 2.69. The van der Waals surface area contributed by atoms with Gasteiger partial charge in [-0.3, -0.25) is 0 Å². The first-order valence-corrected chi connectivity index (χ1v) is 8.45. The maximum absolute atomic E-state index is 14.6. The summed E-state index contributed by atoms with van der Waals surface area (Å²) in [6, 6.07) is 6.69. The third-order valence-corrected chi connectivity index (χ3v) is 4.76. The van der Waals surface area contributed by atoms with E-state index in [-0.39, 0.29) is 5.75 Å². The molecule has 5 nitrogen and oxygen atoms in total. The molecular formula is C18H13FN4OS. The molecule has 7 heteroatoms. The number of fused-ring (bicyclic) bond motifs is 1. The topological polar surface area (TPSA) is 60.8 Å². The van der Waals surface area contributed by atoms with Crippen LogP contribution in [-0.4, -0.2) is 19.9 Å². The molecule has 0 fully saturated rings. The van der Waals surface area contributed by atoms with Crippen LogP contribution in [0.2, 0.25) is 0 Å². The van der Waals surface area contributed by atoms with Crippen LogP contribution in [0.25, 0.3) is 21.3 Å². The molecular weight excluding hydrogens is 339 g/mol. The quantitative estimate of drug-likeness (QED) is 0.535. The van der Waals surface area contributed by atoms with E-state index in [1.165, 1.54) is 30.1 Å². The second-order valence-electron chi connectivity index (χ2n) is 5.48. The van der Waals surface area contributed by atoms with Crippen molar-refractivity contribution < 1.29 is 9.13 Å². The molecule has 0 radical (unpaired) electrons. The van der Waals surface area contributed by atoms with Crippen LogP contribution in [0.4, 0.5) is 4.39 Å². The van der Waals surface area contributed by atoms with Crippen LogP contribution in [0, 0.1) is 19.7 Å². The Balaban J connectivity index is 1.72. The average Bonchev–Trinajstić information content (AvgIpc) is 3.07. The predicted octanol–water partition coefficient (Wildman–Crippen LogP) is 4.70. The molecule has 3 aromatic heterocycles. The molecule has 0 saturated carbocycles. The first kappa shape index (κ1) is 15.6. The first-order valence-electron chi connectivity index (χ1n) is 7.57. The van der Waals surface area contributed by atoms with Crippen LogP contribution in [0.5, 0.6) is 11.6 Å². The van der Waals surface area contributed by atoms with Gasteiger partial charge in [0.15, 0.2) is 11.6 Å². The summed E-state index contributed by atoms with van der Waals surface area (Å²) >= 11 is 1.45. The summed E-state index contributed by atoms with van der Waals surface area (Å²) in [5, 5.41) is 1.90. The van der Waals surface area contributed by atoms with Gasteiger partial charge >= 0.3 is 0 Å². The minimum absolute atomic E-state index is 0.115. The highest BCUT2D eigenvalue weighted by Gasteiger charge is 2.14. The van der Waals surface area contributed by atoms with Gasteiger partial charge in [-0.05, 0) is 43.0 Å². The Morgan fingerprint density at radius 2 is 1.72 bits per heavy atom. The van der Waals surface area contributed by atoms with Crippen molar-refractivity contribution in [1.82, 2.24) is 19.9 Å². The van der Waals surface area contributed by atoms with Crippen molar-refractivity contribution in [3.8, 4) is 22.8 Å². The summed E-state index contributed by atoms with van der Waals surface area (Å²) < 4.78 is 21.1. The zero-order valence-corrected chi connectivity index (χ0v) is 14.3. The van der Waals surface area contributed by atoms with Crippen LogP contribution in [0.15, 0.2) is 42.3 Å². The molecule has 25 heavy (non-hydrogen) atoms. The Morgan fingerprint density at radius 3 is 2.48 bits per heavy atom. The lowest BCUT2D eigenvalue weighted by atomic mass is 10.0. The summed E-state index contributed by atoms with van der Waals surface area (Å²) in [6.45, 7) is 3.75. The van der Waals surface area contributed by atoms with Gasteiger partial charge in [0.2, 0.25) is 5.88 Å². The van der Waals surface area contributed by atoms with Gasteiger partial charge in [0.25, 0.3) is 0 Å². The summed E-state index contributed by atoms with van der Waals surface area (Å²) in [4.78, 5) is 16.6. The molecule has 1 aromatic carbocycles. The maximum Gasteiger partial charge on any atom is 0.240 e. The molecule has 4 aromatic rings. The number of hydrogen-bond donors (Lipinski definition) is 0. The monoisotopic (exact) mass is 352 g/mol. The molecule has 0 unspecified atom stereocenters. The molecule has 124 valence electrons. The Kier molecular flexibility index (Phi) is 3.85. The Morgan fingerprint density at radius 1 is 0.960 bits per heavy atom. The van der Waals surface area contributed by atoms with Crippen LogP contribution < -0.4 is 4.74 Å². The van der Waals surface area contributed by atoms with E-state index in [1.54, 1.807) is 12.1 Å². The van der Waals surface area contributed by atoms with Gasteiger partial charge in [-0.15, -0.1) is 11.3 Å². The van der Waals surface area contributed by atoms with Gasteiger partial charge in [-0.1, -0.05) is 6.07 Å². The number of ether oxygens (including phenoxy) is 1. The van der Waals surface area contributed by atoms with E-state index in [1.807, 2.05) is 25.3 Å². The lowest BCUT2D eigenvalue weighted by molar-refractivity contribution is 0.432. The molecule has 0 N–H and O–H groups in total. The predicted molar refractivity (Wildman–Crippen MR) is 94.4 cm³/mol. The molecule has 0 atom stereocenters. The highest BCUT2D eigenvalue weighted by Crippen LogP contribution is 2.34. The SMILES string of the molecule is Cc1ncnc(C)c1-c1ccc(Oc2ncnc3ccsc23)c(F)c1. The minimum atomic E-state index is -0.469. The average molecular weight is 352 g/mol. The van der Waals surface area contributed by atoms with Crippen molar-refractivity contribution in [3.63, 3.8) is 0 Å². The molecule has 0 bridgehead atoms. The zero-order chi connectivity index (χ0) is 17.4. The fraction of sp³-hybridized carbons (Fsp3) is 0.111. The molecule has 0 amide bonds. The van der Waals surface area contributed by atoms with E-state index in [4.69, 9.17) is 4.74 Å². The van der Waals surface area contributed by atoms with Crippen LogP contribution in [0.1, 0.15) is 11.4 Å². The zero-order valence-electron chi connectivity index (χ0n) is 13.5. The summed E-state index contributed by atoms with van der Waals surface area (Å²) in [6.07, 6.45) is 2.91. The van der Waals surface area contributed by atoms with Gasteiger partial charge in [-0.2, -0.15) is 0 Å². The summed E-state index contributed by atoms with van der Waals surface area (Å²) in [5.41, 5.74) is 3.92. The van der Waals surface area contributed by atoms with Gasteiger partial charge in [0.1, 0.15) is 17.4 Å². The van der Waals surface area contributed by atoms with Crippen LogP contribution in [-0.2, 0) is 0 Å². The maximum atomic E-state index is 14.6. The van der Waals surface area contributed by atoms with Gasteiger partial charge in [0.05, 0.1) is 5.52 Å². The molecule has 0 saturated heterocycles. The highest BCUT2D eigenvalue weighted by atomic mass is 32.1. The Bertz CT molecular complexity index is 1060. The van der Waals surface area contributed by atoms with E-state index in [0.29, 0.717) is 11.4 Å². The van der Waals surface area contributed by atoms with Crippen LogP contribution >= 0.6 is 11.3 Å². The largest absolute Gasteiger partial charge is 0.434 e. The van der Waals surface area contributed by atoms with E-state index in [9.17, 15) is 4.39 Å². The van der Waals surface area contributed by atoms with Gasteiger partial charge in [-0.25, -0.2) is 24.3 Å². The summed E-state index contributed by atoms with van der Waals surface area (Å²) in [7, 11) is 0. The second-order valence-corrected chi connectivity index (χ2v) is 6.40. The molecule has 4 rings (SSSR count). The fourth-order valence-corrected chi connectivity index (χ4v) is 3.46. The van der Waals surface area contributed by atoms with Crippen molar-refractivity contribution in [2.24, 2.45) is 0 Å². The smallest absolute Gasteiger partial charge is 0.240 e. The lowest BCUT2D eigenvalue weighted by Gasteiger charge is -2.11. The number of halogens is 1. The lowest BCUT2D eigenvalue weighted by Crippen LogP contribution is -1.96. The molecule has 0 aliphatic rings. The number of thiophene rings is 1. The normalized spacial score (nSPS) is 11.0. The van der Waals surface area contributed by atoms with E-state index >= 15 is 0 Å². The molecule has 0 aliphatic heterocycles. The van der Waals surface area contributed by atoms with E-state index in [2.05, 4.69) is 19.9 Å². The molecule has 3 heterocycles. The third kappa shape index (κ3) is 2.83. The van der Waals surface area contributed by atoms with E-state index < -0.39 is 5.82 Å². The van der Waals surface area contributed by atoms with Gasteiger partial charge in [0, 0.05) is 17.0 Å². The van der Waals surface area contributed by atoms with Crippen molar-refractivity contribution in [2.75, 3.05) is 0 Å². The number of aryl methyl sites for hydroxylation is 2. The van der Waals surface area contributed by atoms with E-state index in [0.717, 1.165) is 27.2 Å². The van der Waals surface area contributed by atoms with Crippen molar-refractivity contribution in [2.45, 2.75) is 13.8 Å². The number of rotatable bonds is 3. The van der Waals surface area contributed by atoms with Crippen LogP contribution in [0.3, 0.4) is 0 Å². The number of benzene rings is 1. The standard InChI is InChI=1S/C18H13FN4OS/c1-10-16(11(2)21-8-20-10)12-3-4-15(13(19)7-12)24-18-17-14(5-6-25-17)22-9-23-18/h3-9H,1-2H3. The second kappa shape index (κ2) is 6.18. The molecule has 0 aliphatic carbocycles. The van der Waals surface area contributed by atoms with Crippen molar-refractivity contribution in [3.05, 3.63) is 59.5 Å². The number of hydrogen-bond acceptors (Lipinski definition) is 6.